The van der Waals surface area contributed by atoms with E-state index in [2.05, 4.69) is 5.32 Å². The molecule has 1 amide bonds. The molecule has 0 saturated heterocycles. The second-order valence-corrected chi connectivity index (χ2v) is 5.59. The molecule has 2 aromatic carbocycles. The third kappa shape index (κ3) is 5.74. The Morgan fingerprint density at radius 1 is 1.14 bits per heavy atom. The van der Waals surface area contributed by atoms with Gasteiger partial charge in [0, 0.05) is 0 Å². The first kappa shape index (κ1) is 20.8. The normalized spacial score (nSPS) is 11.8. The number of carbonyl (C=O) groups is 2. The Labute approximate surface area is 158 Å². The third-order valence-corrected chi connectivity index (χ3v) is 3.51. The molecule has 0 saturated carbocycles. The van der Waals surface area contributed by atoms with Gasteiger partial charge in [0.05, 0.1) is 22.9 Å². The topological polar surface area (TPSA) is 88.4 Å². The molecule has 9 heteroatoms. The van der Waals surface area contributed by atoms with E-state index in [1.807, 2.05) is 6.07 Å². The smallest absolute Gasteiger partial charge is 0.418 e. The zero-order valence-corrected chi connectivity index (χ0v) is 14.6. The lowest BCUT2D eigenvalue weighted by molar-refractivity contribution is -0.155. The number of rotatable bonds is 6. The Kier molecular flexibility index (Phi) is 6.60. The van der Waals surface area contributed by atoms with E-state index in [4.69, 9.17) is 14.7 Å². The lowest BCUT2D eigenvalue weighted by Gasteiger charge is -2.17. The Balaban J connectivity index is 1.90. The summed E-state index contributed by atoms with van der Waals surface area (Å²) in [5, 5.41) is 10.8. The number of nitrogens with one attached hydrogen (secondary N) is 1. The SMILES string of the molecule is CC(OC(=O)COc1ccc(C#N)cc1)C(=O)Nc1ccccc1C(F)(F)F. The van der Waals surface area contributed by atoms with Gasteiger partial charge in [-0.2, -0.15) is 18.4 Å². The Morgan fingerprint density at radius 3 is 2.39 bits per heavy atom. The molecule has 2 aromatic rings. The standard InChI is InChI=1S/C19H15F3N2O4/c1-12(18(26)24-16-5-3-2-4-15(16)19(20,21)22)28-17(25)11-27-14-8-6-13(10-23)7-9-14/h2-9,12H,11H2,1H3,(H,24,26). The maximum absolute atomic E-state index is 12.9. The molecule has 1 N–H and O–H groups in total. The lowest BCUT2D eigenvalue weighted by Crippen LogP contribution is -2.32. The molecule has 146 valence electrons. The van der Waals surface area contributed by atoms with Crippen molar-refractivity contribution in [1.82, 2.24) is 0 Å². The van der Waals surface area contributed by atoms with E-state index >= 15 is 0 Å². The summed E-state index contributed by atoms with van der Waals surface area (Å²) in [5.74, 6) is -1.48. The van der Waals surface area contributed by atoms with Crippen LogP contribution in [0.4, 0.5) is 18.9 Å². The fourth-order valence-corrected chi connectivity index (χ4v) is 2.13. The van der Waals surface area contributed by atoms with Gasteiger partial charge in [-0.1, -0.05) is 12.1 Å². The Hall–Kier alpha value is -3.54. The number of para-hydroxylation sites is 1. The maximum atomic E-state index is 12.9. The van der Waals surface area contributed by atoms with Crippen molar-refractivity contribution in [2.45, 2.75) is 19.2 Å². The van der Waals surface area contributed by atoms with Crippen LogP contribution in [-0.2, 0) is 20.5 Å². The van der Waals surface area contributed by atoms with Gasteiger partial charge < -0.3 is 14.8 Å². The average Bonchev–Trinajstić information content (AvgIpc) is 2.66. The minimum absolute atomic E-state index is 0.312. The van der Waals surface area contributed by atoms with Gasteiger partial charge in [-0.15, -0.1) is 0 Å². The zero-order valence-electron chi connectivity index (χ0n) is 14.6. The van der Waals surface area contributed by atoms with Gasteiger partial charge in [-0.3, -0.25) is 4.79 Å². The molecule has 0 aliphatic carbocycles. The van der Waals surface area contributed by atoms with Gasteiger partial charge in [-0.05, 0) is 43.3 Å². The highest BCUT2D eigenvalue weighted by molar-refractivity contribution is 5.95. The second-order valence-electron chi connectivity index (χ2n) is 5.59. The van der Waals surface area contributed by atoms with Gasteiger partial charge in [0.15, 0.2) is 12.7 Å². The van der Waals surface area contributed by atoms with Crippen LogP contribution in [0.3, 0.4) is 0 Å². The number of alkyl halides is 3. The quantitative estimate of drug-likeness (QED) is 0.760. The fraction of sp³-hybridized carbons (Fsp3) is 0.211. The summed E-state index contributed by atoms with van der Waals surface area (Å²) < 4.78 is 48.9. The predicted octanol–water partition coefficient (Wildman–Crippen LogP) is 3.53. The number of esters is 1. The number of nitrogens with zero attached hydrogens (tertiary/aromatic N) is 1. The van der Waals surface area contributed by atoms with Crippen molar-refractivity contribution < 1.29 is 32.2 Å². The van der Waals surface area contributed by atoms with E-state index in [0.717, 1.165) is 12.1 Å². The van der Waals surface area contributed by atoms with Crippen LogP contribution in [0.2, 0.25) is 0 Å². The molecule has 2 rings (SSSR count). The van der Waals surface area contributed by atoms with Crippen LogP contribution in [0.15, 0.2) is 48.5 Å². The first-order valence-electron chi connectivity index (χ1n) is 8.00. The summed E-state index contributed by atoms with van der Waals surface area (Å²) in [6.07, 6.45) is -5.98. The van der Waals surface area contributed by atoms with Gasteiger partial charge in [0.2, 0.25) is 0 Å². The van der Waals surface area contributed by atoms with Crippen molar-refractivity contribution in [2.75, 3.05) is 11.9 Å². The molecule has 0 aromatic heterocycles. The van der Waals surface area contributed by atoms with Crippen LogP contribution in [0.1, 0.15) is 18.1 Å². The summed E-state index contributed by atoms with van der Waals surface area (Å²) in [7, 11) is 0. The lowest BCUT2D eigenvalue weighted by atomic mass is 10.1. The highest BCUT2D eigenvalue weighted by Crippen LogP contribution is 2.34. The summed E-state index contributed by atoms with van der Waals surface area (Å²) in [6, 6.07) is 12.4. The average molecular weight is 392 g/mol. The van der Waals surface area contributed by atoms with Gasteiger partial charge in [0.25, 0.3) is 5.91 Å². The fourth-order valence-electron chi connectivity index (χ4n) is 2.13. The number of carbonyl (C=O) groups excluding carboxylic acids is 2. The molecular weight excluding hydrogens is 377 g/mol. The minimum atomic E-state index is -4.64. The zero-order chi connectivity index (χ0) is 20.7. The van der Waals surface area contributed by atoms with Crippen LogP contribution < -0.4 is 10.1 Å². The summed E-state index contributed by atoms with van der Waals surface area (Å²) in [5.41, 5.74) is -1.03. The van der Waals surface area contributed by atoms with Crippen LogP contribution >= 0.6 is 0 Å². The molecule has 6 nitrogen and oxygen atoms in total. The number of amides is 1. The first-order chi connectivity index (χ1) is 13.2. The van der Waals surface area contributed by atoms with E-state index in [9.17, 15) is 22.8 Å². The van der Waals surface area contributed by atoms with E-state index in [1.165, 1.54) is 43.3 Å². The van der Waals surface area contributed by atoms with Crippen LogP contribution in [0.5, 0.6) is 5.75 Å². The number of anilines is 1. The van der Waals surface area contributed by atoms with Gasteiger partial charge >= 0.3 is 12.1 Å². The molecule has 0 fully saturated rings. The molecule has 0 spiro atoms. The van der Waals surface area contributed by atoms with E-state index in [0.29, 0.717) is 11.3 Å². The number of benzene rings is 2. The molecule has 0 heterocycles. The Bertz CT molecular complexity index is 889. The molecule has 28 heavy (non-hydrogen) atoms. The molecule has 1 atom stereocenters. The van der Waals surface area contributed by atoms with Crippen molar-refractivity contribution in [2.24, 2.45) is 0 Å². The summed E-state index contributed by atoms with van der Waals surface area (Å²) in [6.45, 7) is 0.716. The molecule has 0 aliphatic heterocycles. The number of hydrogen-bond acceptors (Lipinski definition) is 5. The second kappa shape index (κ2) is 8.90. The molecule has 0 bridgehead atoms. The largest absolute Gasteiger partial charge is 0.482 e. The van der Waals surface area contributed by atoms with Crippen molar-refractivity contribution in [3.05, 3.63) is 59.7 Å². The first-order valence-corrected chi connectivity index (χ1v) is 8.00. The molecule has 1 unspecified atom stereocenters. The van der Waals surface area contributed by atoms with Crippen molar-refractivity contribution in [3.63, 3.8) is 0 Å². The van der Waals surface area contributed by atoms with Crippen LogP contribution in [0, 0.1) is 11.3 Å². The molecule has 0 aliphatic rings. The van der Waals surface area contributed by atoms with Gasteiger partial charge in [0.1, 0.15) is 5.75 Å². The summed E-state index contributed by atoms with van der Waals surface area (Å²) in [4.78, 5) is 23.8. The van der Waals surface area contributed by atoms with E-state index in [1.54, 1.807) is 0 Å². The minimum Gasteiger partial charge on any atom is -0.482 e. The Morgan fingerprint density at radius 2 is 1.79 bits per heavy atom. The van der Waals surface area contributed by atoms with Gasteiger partial charge in [-0.25, -0.2) is 4.79 Å². The maximum Gasteiger partial charge on any atom is 0.418 e. The van der Waals surface area contributed by atoms with E-state index in [-0.39, 0.29) is 0 Å². The third-order valence-electron chi connectivity index (χ3n) is 3.51. The highest BCUT2D eigenvalue weighted by atomic mass is 19.4. The number of halogens is 3. The number of nitriles is 1. The van der Waals surface area contributed by atoms with Crippen molar-refractivity contribution in [1.29, 1.82) is 5.26 Å². The number of ether oxygens (including phenoxy) is 2. The highest BCUT2D eigenvalue weighted by Gasteiger charge is 2.34. The number of hydrogen-bond donors (Lipinski definition) is 1. The van der Waals surface area contributed by atoms with Crippen LogP contribution in [-0.4, -0.2) is 24.6 Å². The molecule has 0 radical (unpaired) electrons. The van der Waals surface area contributed by atoms with Crippen molar-refractivity contribution >= 4 is 17.6 Å². The monoisotopic (exact) mass is 392 g/mol. The predicted molar refractivity (Wildman–Crippen MR) is 92.3 cm³/mol. The van der Waals surface area contributed by atoms with Crippen LogP contribution in [0.25, 0.3) is 0 Å². The van der Waals surface area contributed by atoms with Crippen molar-refractivity contribution in [3.8, 4) is 11.8 Å². The summed E-state index contributed by atoms with van der Waals surface area (Å²) >= 11 is 0. The van der Waals surface area contributed by atoms with E-state index < -0.39 is 42.0 Å². The molecular formula is C19H15F3N2O4.